The van der Waals surface area contributed by atoms with Gasteiger partial charge in [-0.2, -0.15) is 0 Å². The minimum atomic E-state index is -0.446. The normalized spacial score (nSPS) is 14.0. The summed E-state index contributed by atoms with van der Waals surface area (Å²) in [4.78, 5) is 17.8. The quantitative estimate of drug-likeness (QED) is 0.528. The number of methoxy groups -OCH3 is 1. The van der Waals surface area contributed by atoms with Crippen molar-refractivity contribution in [3.8, 4) is 11.5 Å². The molecule has 0 bridgehead atoms. The Morgan fingerprint density at radius 2 is 1.47 bits per heavy atom. The molecule has 2 aromatic carbocycles. The molecular formula is C23H33Cl2N3O4. The molecule has 0 saturated carbocycles. The van der Waals surface area contributed by atoms with E-state index in [1.165, 1.54) is 10.5 Å². The highest BCUT2D eigenvalue weighted by molar-refractivity contribution is 5.85. The van der Waals surface area contributed by atoms with Crippen molar-refractivity contribution in [2.24, 2.45) is 0 Å². The van der Waals surface area contributed by atoms with E-state index in [-0.39, 0.29) is 31.6 Å². The summed E-state index contributed by atoms with van der Waals surface area (Å²) >= 11 is 0. The molecule has 1 heterocycles. The van der Waals surface area contributed by atoms with Gasteiger partial charge in [0.25, 0.3) is 0 Å². The predicted molar refractivity (Wildman–Crippen MR) is 130 cm³/mol. The first-order valence-electron chi connectivity index (χ1n) is 10.2. The average molecular weight is 486 g/mol. The molecule has 0 aliphatic carbocycles. The molecular weight excluding hydrogens is 453 g/mol. The molecule has 0 atom stereocenters. The SMILES string of the molecule is COc1ccc(CN2CCN(Cc3ccccc3)CC2)cc1OCOC(=O)N(C)C.Cl.Cl. The van der Waals surface area contributed by atoms with E-state index in [4.69, 9.17) is 14.2 Å². The second kappa shape index (κ2) is 14.1. The van der Waals surface area contributed by atoms with Crippen LogP contribution in [-0.2, 0) is 17.8 Å². The summed E-state index contributed by atoms with van der Waals surface area (Å²) < 4.78 is 16.1. The number of halogens is 2. The lowest BCUT2D eigenvalue weighted by Gasteiger charge is -2.34. The van der Waals surface area contributed by atoms with Gasteiger partial charge in [-0.3, -0.25) is 9.80 Å². The van der Waals surface area contributed by atoms with E-state index in [0.29, 0.717) is 11.5 Å². The third-order valence-electron chi connectivity index (χ3n) is 5.11. The molecule has 0 radical (unpaired) electrons. The Hall–Kier alpha value is -2.19. The Morgan fingerprint density at radius 1 is 0.875 bits per heavy atom. The third kappa shape index (κ3) is 8.39. The molecule has 32 heavy (non-hydrogen) atoms. The van der Waals surface area contributed by atoms with Crippen LogP contribution < -0.4 is 9.47 Å². The molecule has 0 unspecified atom stereocenters. The third-order valence-corrected chi connectivity index (χ3v) is 5.11. The van der Waals surface area contributed by atoms with E-state index in [0.717, 1.165) is 44.8 Å². The van der Waals surface area contributed by atoms with Crippen LogP contribution >= 0.6 is 24.8 Å². The number of carbonyl (C=O) groups is 1. The van der Waals surface area contributed by atoms with Crippen molar-refractivity contribution < 1.29 is 19.0 Å². The van der Waals surface area contributed by atoms with Gasteiger partial charge in [-0.05, 0) is 23.3 Å². The summed E-state index contributed by atoms with van der Waals surface area (Å²) in [6, 6.07) is 16.5. The maximum absolute atomic E-state index is 11.5. The number of benzene rings is 2. The number of carbonyl (C=O) groups excluding carboxylic acids is 1. The van der Waals surface area contributed by atoms with Crippen LogP contribution in [0.2, 0.25) is 0 Å². The average Bonchev–Trinajstić information content (AvgIpc) is 2.76. The van der Waals surface area contributed by atoms with E-state index in [1.807, 2.05) is 18.2 Å². The highest BCUT2D eigenvalue weighted by Gasteiger charge is 2.18. The van der Waals surface area contributed by atoms with E-state index >= 15 is 0 Å². The molecule has 3 rings (SSSR count). The fourth-order valence-corrected chi connectivity index (χ4v) is 3.41. The van der Waals surface area contributed by atoms with Crippen LogP contribution in [0, 0.1) is 0 Å². The molecule has 9 heteroatoms. The van der Waals surface area contributed by atoms with Gasteiger partial charge in [0.1, 0.15) is 0 Å². The largest absolute Gasteiger partial charge is 0.493 e. The zero-order valence-corrected chi connectivity index (χ0v) is 20.5. The van der Waals surface area contributed by atoms with Crippen molar-refractivity contribution in [1.29, 1.82) is 0 Å². The van der Waals surface area contributed by atoms with Crippen LogP contribution in [0.1, 0.15) is 11.1 Å². The molecule has 1 fully saturated rings. The fourth-order valence-electron chi connectivity index (χ4n) is 3.41. The van der Waals surface area contributed by atoms with Gasteiger partial charge in [0.2, 0.25) is 6.79 Å². The van der Waals surface area contributed by atoms with Crippen molar-refractivity contribution in [2.75, 3.05) is 54.2 Å². The monoisotopic (exact) mass is 485 g/mol. The lowest BCUT2D eigenvalue weighted by Crippen LogP contribution is -2.45. The molecule has 178 valence electrons. The molecule has 1 aliphatic heterocycles. The summed E-state index contributed by atoms with van der Waals surface area (Å²) in [6.07, 6.45) is -0.446. The maximum atomic E-state index is 11.5. The lowest BCUT2D eigenvalue weighted by atomic mass is 10.1. The van der Waals surface area contributed by atoms with Gasteiger partial charge >= 0.3 is 6.09 Å². The Kier molecular flexibility index (Phi) is 12.2. The zero-order valence-electron chi connectivity index (χ0n) is 18.9. The Balaban J connectivity index is 0.00000256. The topological polar surface area (TPSA) is 54.5 Å². The van der Waals surface area contributed by atoms with Gasteiger partial charge in [-0.1, -0.05) is 36.4 Å². The molecule has 1 aliphatic rings. The van der Waals surface area contributed by atoms with E-state index in [9.17, 15) is 4.79 Å². The molecule has 1 saturated heterocycles. The number of hydrogen-bond acceptors (Lipinski definition) is 6. The molecule has 0 spiro atoms. The minimum Gasteiger partial charge on any atom is -0.493 e. The molecule has 0 N–H and O–H groups in total. The first-order chi connectivity index (χ1) is 14.5. The van der Waals surface area contributed by atoms with Gasteiger partial charge in [0.05, 0.1) is 7.11 Å². The van der Waals surface area contributed by atoms with Crippen LogP contribution in [0.15, 0.2) is 48.5 Å². The van der Waals surface area contributed by atoms with Crippen LogP contribution in [0.4, 0.5) is 4.79 Å². The van der Waals surface area contributed by atoms with Crippen LogP contribution in [0.5, 0.6) is 11.5 Å². The summed E-state index contributed by atoms with van der Waals surface area (Å²) in [5, 5.41) is 0. The van der Waals surface area contributed by atoms with Gasteiger partial charge in [0.15, 0.2) is 11.5 Å². The number of amides is 1. The number of piperazine rings is 1. The Bertz CT molecular complexity index is 816. The highest BCUT2D eigenvalue weighted by Crippen LogP contribution is 2.29. The number of nitrogens with zero attached hydrogens (tertiary/aromatic N) is 3. The Morgan fingerprint density at radius 3 is 2.03 bits per heavy atom. The first kappa shape index (κ1) is 27.8. The van der Waals surface area contributed by atoms with Gasteiger partial charge in [-0.15, -0.1) is 24.8 Å². The predicted octanol–water partition coefficient (Wildman–Crippen LogP) is 3.89. The van der Waals surface area contributed by atoms with Crippen molar-refractivity contribution >= 4 is 30.9 Å². The smallest absolute Gasteiger partial charge is 0.412 e. The van der Waals surface area contributed by atoms with Gasteiger partial charge in [-0.25, -0.2) is 4.79 Å². The summed E-state index contributed by atoms with van der Waals surface area (Å²) in [5.41, 5.74) is 2.50. The van der Waals surface area contributed by atoms with Gasteiger partial charge < -0.3 is 19.1 Å². The summed E-state index contributed by atoms with van der Waals surface area (Å²) in [7, 11) is 4.85. The van der Waals surface area contributed by atoms with E-state index in [2.05, 4.69) is 40.1 Å². The van der Waals surface area contributed by atoms with Gasteiger partial charge in [0, 0.05) is 53.4 Å². The minimum absolute atomic E-state index is 0. The van der Waals surface area contributed by atoms with Crippen molar-refractivity contribution in [3.05, 3.63) is 59.7 Å². The highest BCUT2D eigenvalue weighted by atomic mass is 35.5. The Labute approximate surface area is 203 Å². The standard InChI is InChI=1S/C23H31N3O4.2ClH/c1-24(2)23(27)30-18-29-22-15-20(9-10-21(22)28-3)17-26-13-11-25(12-14-26)16-19-7-5-4-6-8-19;;/h4-10,15H,11-14,16-18H2,1-3H3;2*1H. The molecule has 7 nitrogen and oxygen atoms in total. The van der Waals surface area contributed by atoms with Crippen molar-refractivity contribution in [2.45, 2.75) is 13.1 Å². The fraction of sp³-hybridized carbons (Fsp3) is 0.435. The second-order valence-corrected chi connectivity index (χ2v) is 7.59. The first-order valence-corrected chi connectivity index (χ1v) is 10.2. The zero-order chi connectivity index (χ0) is 21.3. The van der Waals surface area contributed by atoms with Crippen LogP contribution in [-0.4, -0.2) is 75.0 Å². The molecule has 2 aromatic rings. The van der Waals surface area contributed by atoms with Crippen molar-refractivity contribution in [3.63, 3.8) is 0 Å². The number of rotatable bonds is 8. The lowest BCUT2D eigenvalue weighted by molar-refractivity contribution is 0.0418. The molecule has 1 amide bonds. The summed E-state index contributed by atoms with van der Waals surface area (Å²) in [6.45, 7) is 5.83. The van der Waals surface area contributed by atoms with E-state index in [1.54, 1.807) is 21.2 Å². The maximum Gasteiger partial charge on any atom is 0.412 e. The van der Waals surface area contributed by atoms with Crippen LogP contribution in [0.3, 0.4) is 0 Å². The number of hydrogen-bond donors (Lipinski definition) is 0. The summed E-state index contributed by atoms with van der Waals surface area (Å²) in [5.74, 6) is 1.19. The molecule has 0 aromatic heterocycles. The van der Waals surface area contributed by atoms with Crippen LogP contribution in [0.25, 0.3) is 0 Å². The van der Waals surface area contributed by atoms with E-state index < -0.39 is 6.09 Å². The number of ether oxygens (including phenoxy) is 3. The second-order valence-electron chi connectivity index (χ2n) is 7.59. The van der Waals surface area contributed by atoms with Crippen molar-refractivity contribution in [1.82, 2.24) is 14.7 Å².